The van der Waals surface area contributed by atoms with Crippen LogP contribution in [0.3, 0.4) is 0 Å². The molecule has 0 amide bonds. The molecule has 0 unspecified atom stereocenters. The predicted octanol–water partition coefficient (Wildman–Crippen LogP) is 0.480. The number of nitrogens with zero attached hydrogens (tertiary/aromatic N) is 1. The molecule has 1 aromatic rings. The van der Waals surface area contributed by atoms with Crippen LogP contribution < -0.4 is 11.1 Å². The maximum Gasteiger partial charge on any atom is 0.147 e. The summed E-state index contributed by atoms with van der Waals surface area (Å²) in [5.74, 6) is 0. The van der Waals surface area contributed by atoms with Crippen molar-refractivity contribution >= 4 is 24.0 Å². The molecule has 3 N–H and O–H groups in total. The van der Waals surface area contributed by atoms with Gasteiger partial charge in [-0.05, 0) is 0 Å². The van der Waals surface area contributed by atoms with Gasteiger partial charge in [0.1, 0.15) is 4.34 Å². The first-order valence-corrected chi connectivity index (χ1v) is 4.63. The van der Waals surface area contributed by atoms with Crippen LogP contribution in [-0.4, -0.2) is 18.1 Å². The molecular weight excluding hydrogens is 178 g/mol. The molecule has 0 spiro atoms. The first kappa shape index (κ1) is 8.99. The molecule has 0 aliphatic carbocycles. The van der Waals surface area contributed by atoms with E-state index < -0.39 is 0 Å². The fourth-order valence-corrected chi connectivity index (χ4v) is 1.72. The van der Waals surface area contributed by atoms with Crippen LogP contribution in [-0.2, 0) is 6.54 Å². The van der Waals surface area contributed by atoms with Crippen LogP contribution in [0.15, 0.2) is 10.5 Å². The van der Waals surface area contributed by atoms with Crippen molar-refractivity contribution in [1.82, 2.24) is 10.3 Å². The van der Waals surface area contributed by atoms with Crippen molar-refractivity contribution in [2.75, 3.05) is 13.1 Å². The lowest BCUT2D eigenvalue weighted by molar-refractivity contribution is 0.701. The lowest BCUT2D eigenvalue weighted by Crippen LogP contribution is -2.21. The summed E-state index contributed by atoms with van der Waals surface area (Å²) >= 11 is 5.69. The molecule has 5 heteroatoms. The highest BCUT2D eigenvalue weighted by Gasteiger charge is 1.96. The van der Waals surface area contributed by atoms with Crippen molar-refractivity contribution in [3.05, 3.63) is 11.1 Å². The van der Waals surface area contributed by atoms with E-state index in [0.29, 0.717) is 6.54 Å². The smallest absolute Gasteiger partial charge is 0.147 e. The highest BCUT2D eigenvalue weighted by Crippen LogP contribution is 2.15. The maximum absolute atomic E-state index is 5.31. The lowest BCUT2D eigenvalue weighted by atomic mass is 10.5. The number of hydrogen-bond donors (Lipinski definition) is 3. The molecular formula is C6H11N3S2. The zero-order chi connectivity index (χ0) is 8.10. The Kier molecular flexibility index (Phi) is 3.85. The van der Waals surface area contributed by atoms with Gasteiger partial charge in [-0.25, -0.2) is 4.98 Å². The van der Waals surface area contributed by atoms with Crippen molar-refractivity contribution in [3.63, 3.8) is 0 Å². The summed E-state index contributed by atoms with van der Waals surface area (Å²) in [4.78, 5) is 5.20. The van der Waals surface area contributed by atoms with Crippen LogP contribution in [0, 0.1) is 0 Å². The monoisotopic (exact) mass is 189 g/mol. The Morgan fingerprint density at radius 2 is 2.55 bits per heavy atom. The minimum absolute atomic E-state index is 0.673. The van der Waals surface area contributed by atoms with Crippen LogP contribution in [0.4, 0.5) is 0 Å². The average molecular weight is 189 g/mol. The summed E-state index contributed by atoms with van der Waals surface area (Å²) in [6.45, 7) is 2.36. The highest BCUT2D eigenvalue weighted by atomic mass is 32.2. The van der Waals surface area contributed by atoms with E-state index in [-0.39, 0.29) is 0 Å². The number of hydrogen-bond acceptors (Lipinski definition) is 5. The summed E-state index contributed by atoms with van der Waals surface area (Å²) in [6.07, 6.45) is 1.83. The molecule has 62 valence electrons. The van der Waals surface area contributed by atoms with Gasteiger partial charge in [-0.15, -0.1) is 24.0 Å². The Bertz CT molecular complexity index is 211. The molecule has 0 aliphatic rings. The van der Waals surface area contributed by atoms with Crippen LogP contribution in [0.25, 0.3) is 0 Å². The molecule has 0 fully saturated rings. The Morgan fingerprint density at radius 3 is 3.09 bits per heavy atom. The highest BCUT2D eigenvalue weighted by molar-refractivity contribution is 7.82. The van der Waals surface area contributed by atoms with E-state index in [1.54, 1.807) is 11.3 Å². The lowest BCUT2D eigenvalue weighted by Gasteiger charge is -1.97. The molecule has 0 saturated carbocycles. The van der Waals surface area contributed by atoms with Crippen molar-refractivity contribution in [2.45, 2.75) is 10.9 Å². The third-order valence-electron chi connectivity index (χ3n) is 1.16. The standard InChI is InChI=1S/C6H11N3S2/c7-1-2-8-3-5-4-9-6(10)11-5/h4,8H,1-3,7H2,(H,9,10). The molecule has 3 nitrogen and oxygen atoms in total. The van der Waals surface area contributed by atoms with Crippen LogP contribution in [0.1, 0.15) is 4.88 Å². The van der Waals surface area contributed by atoms with Gasteiger partial charge >= 0.3 is 0 Å². The number of rotatable bonds is 4. The third-order valence-corrected chi connectivity index (χ3v) is 2.35. The predicted molar refractivity (Wildman–Crippen MR) is 50.1 cm³/mol. The molecule has 11 heavy (non-hydrogen) atoms. The van der Waals surface area contributed by atoms with E-state index in [4.69, 9.17) is 5.73 Å². The maximum atomic E-state index is 5.31. The van der Waals surface area contributed by atoms with Gasteiger partial charge in [0.05, 0.1) is 0 Å². The fraction of sp³-hybridized carbons (Fsp3) is 0.500. The number of aromatic nitrogens is 1. The number of nitrogens with two attached hydrogens (primary N) is 1. The first-order chi connectivity index (χ1) is 5.33. The molecule has 0 bridgehead atoms. The molecule has 0 saturated heterocycles. The largest absolute Gasteiger partial charge is 0.329 e. The van der Waals surface area contributed by atoms with Gasteiger partial charge in [0, 0.05) is 30.7 Å². The number of thiol groups is 1. The van der Waals surface area contributed by atoms with Crippen molar-refractivity contribution in [1.29, 1.82) is 0 Å². The second kappa shape index (κ2) is 4.71. The second-order valence-electron chi connectivity index (χ2n) is 2.07. The van der Waals surface area contributed by atoms with Gasteiger partial charge in [0.2, 0.25) is 0 Å². The quantitative estimate of drug-likeness (QED) is 0.477. The Labute approximate surface area is 75.4 Å². The molecule has 1 aromatic heterocycles. The topological polar surface area (TPSA) is 50.9 Å². The van der Waals surface area contributed by atoms with E-state index >= 15 is 0 Å². The van der Waals surface area contributed by atoms with E-state index in [2.05, 4.69) is 22.9 Å². The van der Waals surface area contributed by atoms with Crippen molar-refractivity contribution in [2.24, 2.45) is 5.73 Å². The van der Waals surface area contributed by atoms with Gasteiger partial charge in [-0.3, -0.25) is 0 Å². The normalized spacial score (nSPS) is 10.4. The molecule has 0 aliphatic heterocycles. The van der Waals surface area contributed by atoms with E-state index in [1.165, 1.54) is 4.88 Å². The van der Waals surface area contributed by atoms with Gasteiger partial charge in [0.15, 0.2) is 0 Å². The summed E-state index contributed by atoms with van der Waals surface area (Å²) < 4.78 is 0.814. The fourth-order valence-electron chi connectivity index (χ4n) is 0.693. The second-order valence-corrected chi connectivity index (χ2v) is 3.92. The van der Waals surface area contributed by atoms with E-state index in [0.717, 1.165) is 17.4 Å². The van der Waals surface area contributed by atoms with Crippen LogP contribution >= 0.6 is 24.0 Å². The van der Waals surface area contributed by atoms with Gasteiger partial charge < -0.3 is 11.1 Å². The molecule has 0 atom stereocenters. The number of thiazole rings is 1. The first-order valence-electron chi connectivity index (χ1n) is 3.37. The minimum atomic E-state index is 0.673. The average Bonchev–Trinajstić information content (AvgIpc) is 2.37. The van der Waals surface area contributed by atoms with Crippen LogP contribution in [0.5, 0.6) is 0 Å². The van der Waals surface area contributed by atoms with Gasteiger partial charge in [-0.2, -0.15) is 0 Å². The Balaban J connectivity index is 2.27. The number of nitrogens with one attached hydrogen (secondary N) is 1. The summed E-state index contributed by atoms with van der Waals surface area (Å²) in [6, 6.07) is 0. The molecule has 0 radical (unpaired) electrons. The van der Waals surface area contributed by atoms with Gasteiger partial charge in [0.25, 0.3) is 0 Å². The molecule has 1 heterocycles. The Morgan fingerprint density at radius 1 is 1.73 bits per heavy atom. The van der Waals surface area contributed by atoms with E-state index in [1.807, 2.05) is 6.20 Å². The molecule has 1 rings (SSSR count). The SMILES string of the molecule is NCCNCc1cnc(S)s1. The minimum Gasteiger partial charge on any atom is -0.329 e. The van der Waals surface area contributed by atoms with Crippen LogP contribution in [0.2, 0.25) is 0 Å². The third kappa shape index (κ3) is 3.20. The summed E-state index contributed by atoms with van der Waals surface area (Å²) in [5.41, 5.74) is 5.31. The molecule has 0 aromatic carbocycles. The Hall–Kier alpha value is -0.100. The van der Waals surface area contributed by atoms with E-state index in [9.17, 15) is 0 Å². The zero-order valence-corrected chi connectivity index (χ0v) is 7.79. The summed E-state index contributed by atoms with van der Waals surface area (Å²) in [5, 5.41) is 3.18. The zero-order valence-electron chi connectivity index (χ0n) is 6.08. The van der Waals surface area contributed by atoms with Crippen molar-refractivity contribution < 1.29 is 0 Å². The summed E-state index contributed by atoms with van der Waals surface area (Å²) in [7, 11) is 0. The van der Waals surface area contributed by atoms with Gasteiger partial charge in [-0.1, -0.05) is 0 Å². The van der Waals surface area contributed by atoms with Crippen molar-refractivity contribution in [3.8, 4) is 0 Å².